The highest BCUT2D eigenvalue weighted by atomic mass is 79.9. The quantitative estimate of drug-likeness (QED) is 0.655. The van der Waals surface area contributed by atoms with E-state index in [0.717, 1.165) is 39.1 Å². The number of hydrogen-bond acceptors (Lipinski definition) is 2. The van der Waals surface area contributed by atoms with Gasteiger partial charge in [0.2, 0.25) is 0 Å². The molecule has 1 atom stereocenters. The number of rotatable bonds is 10. The van der Waals surface area contributed by atoms with Crippen LogP contribution in [0, 0.1) is 5.92 Å². The monoisotopic (exact) mass is 327 g/mol. The Balaban J connectivity index is 2.49. The van der Waals surface area contributed by atoms with E-state index in [1.165, 1.54) is 16.5 Å². The third-order valence-corrected chi connectivity index (χ3v) is 3.97. The molecule has 0 aliphatic heterocycles. The zero-order chi connectivity index (χ0) is 13.9. The van der Waals surface area contributed by atoms with Gasteiger partial charge in [-0.1, -0.05) is 41.1 Å². The molecule has 108 valence electrons. The first-order valence-electron chi connectivity index (χ1n) is 7.29. The van der Waals surface area contributed by atoms with E-state index in [-0.39, 0.29) is 0 Å². The lowest BCUT2D eigenvalue weighted by Crippen LogP contribution is -2.26. The Hall–Kier alpha value is -0.380. The van der Waals surface area contributed by atoms with Gasteiger partial charge in [0.05, 0.1) is 0 Å². The molecule has 0 bridgehead atoms. The van der Waals surface area contributed by atoms with Crippen LogP contribution in [-0.2, 0) is 11.2 Å². The molecule has 19 heavy (non-hydrogen) atoms. The average molecular weight is 328 g/mol. The molecule has 0 spiro atoms. The average Bonchev–Trinajstić information content (AvgIpc) is 2.41. The first-order valence-corrected chi connectivity index (χ1v) is 8.09. The minimum atomic E-state index is 0.636. The van der Waals surface area contributed by atoms with Crippen molar-refractivity contribution >= 4 is 15.9 Å². The van der Waals surface area contributed by atoms with Crippen molar-refractivity contribution < 1.29 is 4.74 Å². The lowest BCUT2D eigenvalue weighted by Gasteiger charge is -2.18. The predicted molar refractivity (Wildman–Crippen MR) is 85.6 cm³/mol. The molecule has 0 saturated heterocycles. The zero-order valence-electron chi connectivity index (χ0n) is 12.1. The van der Waals surface area contributed by atoms with Crippen LogP contribution in [0.3, 0.4) is 0 Å². The van der Waals surface area contributed by atoms with E-state index in [2.05, 4.69) is 59.4 Å². The van der Waals surface area contributed by atoms with Crippen LogP contribution in [0.4, 0.5) is 0 Å². The van der Waals surface area contributed by atoms with Gasteiger partial charge in [0, 0.05) is 17.7 Å². The summed E-state index contributed by atoms with van der Waals surface area (Å²) >= 11 is 3.64. The van der Waals surface area contributed by atoms with E-state index in [1.54, 1.807) is 0 Å². The van der Waals surface area contributed by atoms with Crippen molar-refractivity contribution in [1.82, 2.24) is 5.32 Å². The molecule has 2 nitrogen and oxygen atoms in total. The number of hydrogen-bond donors (Lipinski definition) is 1. The lowest BCUT2D eigenvalue weighted by molar-refractivity contribution is 0.131. The molecular formula is C16H26BrNO. The van der Waals surface area contributed by atoms with E-state index < -0.39 is 0 Å². The second-order valence-corrected chi connectivity index (χ2v) is 5.71. The summed E-state index contributed by atoms with van der Waals surface area (Å²) in [6.45, 7) is 8.10. The summed E-state index contributed by atoms with van der Waals surface area (Å²) in [4.78, 5) is 0. The smallest absolute Gasteiger partial charge is 0.0469 e. The van der Waals surface area contributed by atoms with Crippen molar-refractivity contribution in [3.63, 3.8) is 0 Å². The summed E-state index contributed by atoms with van der Waals surface area (Å²) in [5, 5.41) is 3.53. The van der Waals surface area contributed by atoms with E-state index >= 15 is 0 Å². The number of nitrogens with one attached hydrogen (secondary N) is 1. The molecule has 1 aromatic rings. The normalized spacial score (nSPS) is 12.6. The topological polar surface area (TPSA) is 21.3 Å². The minimum absolute atomic E-state index is 0.636. The summed E-state index contributed by atoms with van der Waals surface area (Å²) in [6, 6.07) is 8.50. The molecule has 0 aliphatic rings. The SMILES string of the molecule is CCCNCC(CCOCC)Cc1ccccc1Br. The minimum Gasteiger partial charge on any atom is -0.382 e. The van der Waals surface area contributed by atoms with E-state index in [1.807, 2.05) is 0 Å². The maximum absolute atomic E-state index is 5.50. The Kier molecular flexibility index (Phi) is 9.14. The van der Waals surface area contributed by atoms with Crippen LogP contribution in [0.1, 0.15) is 32.3 Å². The van der Waals surface area contributed by atoms with Crippen molar-refractivity contribution in [2.75, 3.05) is 26.3 Å². The van der Waals surface area contributed by atoms with Crippen LogP contribution in [0.15, 0.2) is 28.7 Å². The van der Waals surface area contributed by atoms with Crippen LogP contribution >= 0.6 is 15.9 Å². The van der Waals surface area contributed by atoms with Gasteiger partial charge in [-0.15, -0.1) is 0 Å². The molecule has 1 rings (SSSR count). The number of halogens is 1. The molecule has 0 aromatic heterocycles. The Bertz CT molecular complexity index is 333. The molecule has 1 N–H and O–H groups in total. The summed E-state index contributed by atoms with van der Waals surface area (Å²) in [5.74, 6) is 0.636. The van der Waals surface area contributed by atoms with Gasteiger partial charge in [0.15, 0.2) is 0 Å². The van der Waals surface area contributed by atoms with Gasteiger partial charge >= 0.3 is 0 Å². The maximum atomic E-state index is 5.50. The maximum Gasteiger partial charge on any atom is 0.0469 e. The molecule has 1 aromatic carbocycles. The van der Waals surface area contributed by atoms with E-state index in [9.17, 15) is 0 Å². The van der Waals surface area contributed by atoms with Gasteiger partial charge < -0.3 is 10.1 Å². The Morgan fingerprint density at radius 3 is 2.74 bits per heavy atom. The molecular weight excluding hydrogens is 302 g/mol. The molecule has 0 aliphatic carbocycles. The van der Waals surface area contributed by atoms with Crippen LogP contribution in [0.5, 0.6) is 0 Å². The summed E-state index contributed by atoms with van der Waals surface area (Å²) in [6.07, 6.45) is 3.41. The fraction of sp³-hybridized carbons (Fsp3) is 0.625. The van der Waals surface area contributed by atoms with Gasteiger partial charge in [-0.05, 0) is 56.8 Å². The fourth-order valence-corrected chi connectivity index (χ4v) is 2.58. The van der Waals surface area contributed by atoms with Gasteiger partial charge in [0.25, 0.3) is 0 Å². The standard InChI is InChI=1S/C16H26BrNO/c1-3-10-18-13-14(9-11-19-4-2)12-15-7-5-6-8-16(15)17/h5-8,14,18H,3-4,9-13H2,1-2H3. The van der Waals surface area contributed by atoms with Crippen molar-refractivity contribution in [2.45, 2.75) is 33.1 Å². The van der Waals surface area contributed by atoms with Crippen molar-refractivity contribution in [1.29, 1.82) is 0 Å². The highest BCUT2D eigenvalue weighted by Gasteiger charge is 2.11. The summed E-state index contributed by atoms with van der Waals surface area (Å²) < 4.78 is 6.71. The molecule has 0 amide bonds. The molecule has 1 unspecified atom stereocenters. The molecule has 0 heterocycles. The van der Waals surface area contributed by atoms with E-state index in [0.29, 0.717) is 5.92 Å². The fourth-order valence-electron chi connectivity index (χ4n) is 2.13. The van der Waals surface area contributed by atoms with Crippen LogP contribution in [0.2, 0.25) is 0 Å². The van der Waals surface area contributed by atoms with Crippen molar-refractivity contribution in [2.24, 2.45) is 5.92 Å². The van der Waals surface area contributed by atoms with Crippen molar-refractivity contribution in [3.8, 4) is 0 Å². The second-order valence-electron chi connectivity index (χ2n) is 4.85. The first kappa shape index (κ1) is 16.7. The van der Waals surface area contributed by atoms with E-state index in [4.69, 9.17) is 4.74 Å². The van der Waals surface area contributed by atoms with Crippen LogP contribution in [0.25, 0.3) is 0 Å². The van der Waals surface area contributed by atoms with Gasteiger partial charge in [-0.3, -0.25) is 0 Å². The Morgan fingerprint density at radius 1 is 1.26 bits per heavy atom. The lowest BCUT2D eigenvalue weighted by atomic mass is 9.96. The predicted octanol–water partition coefficient (Wildman–Crippen LogP) is 4.03. The van der Waals surface area contributed by atoms with Crippen molar-refractivity contribution in [3.05, 3.63) is 34.3 Å². The highest BCUT2D eigenvalue weighted by molar-refractivity contribution is 9.10. The van der Waals surface area contributed by atoms with Gasteiger partial charge in [0.1, 0.15) is 0 Å². The van der Waals surface area contributed by atoms with Gasteiger partial charge in [-0.2, -0.15) is 0 Å². The number of benzene rings is 1. The zero-order valence-corrected chi connectivity index (χ0v) is 13.7. The third-order valence-electron chi connectivity index (χ3n) is 3.20. The Labute approximate surface area is 126 Å². The second kappa shape index (κ2) is 10.4. The molecule has 3 heteroatoms. The largest absolute Gasteiger partial charge is 0.382 e. The summed E-state index contributed by atoms with van der Waals surface area (Å²) in [5.41, 5.74) is 1.39. The third kappa shape index (κ3) is 7.09. The van der Waals surface area contributed by atoms with Crippen LogP contribution < -0.4 is 5.32 Å². The molecule has 0 radical (unpaired) electrons. The molecule has 0 fully saturated rings. The molecule has 0 saturated carbocycles. The highest BCUT2D eigenvalue weighted by Crippen LogP contribution is 2.20. The Morgan fingerprint density at radius 2 is 2.05 bits per heavy atom. The van der Waals surface area contributed by atoms with Gasteiger partial charge in [-0.25, -0.2) is 0 Å². The number of ether oxygens (including phenoxy) is 1. The first-order chi connectivity index (χ1) is 9.27. The summed E-state index contributed by atoms with van der Waals surface area (Å²) in [7, 11) is 0. The van der Waals surface area contributed by atoms with Crippen LogP contribution in [-0.4, -0.2) is 26.3 Å².